The Morgan fingerprint density at radius 3 is 2.52 bits per heavy atom. The number of benzene rings is 1. The summed E-state index contributed by atoms with van der Waals surface area (Å²) in [4.78, 5) is 2.59. The molecule has 4 aliphatic rings. The summed E-state index contributed by atoms with van der Waals surface area (Å²) >= 11 is 6.59. The minimum Gasteiger partial charge on any atom is -0.374 e. The molecule has 2 aliphatic carbocycles. The molecule has 1 aromatic carbocycles. The van der Waals surface area contributed by atoms with Crippen LogP contribution in [0.25, 0.3) is 0 Å². The summed E-state index contributed by atoms with van der Waals surface area (Å²) in [5.74, 6) is 0.668. The van der Waals surface area contributed by atoms with E-state index in [1.54, 1.807) is 0 Å². The molecule has 0 bridgehead atoms. The topological polar surface area (TPSA) is 28.1 Å². The first kappa shape index (κ1) is 21.7. The van der Waals surface area contributed by atoms with Crippen molar-refractivity contribution >= 4 is 29.6 Å². The van der Waals surface area contributed by atoms with E-state index < -0.39 is 6.42 Å². The Balaban J connectivity index is 1.58. The van der Waals surface area contributed by atoms with Gasteiger partial charge < -0.3 is 9.42 Å². The second-order valence-corrected chi connectivity index (χ2v) is 14.2. The molecule has 1 saturated heterocycles. The van der Waals surface area contributed by atoms with E-state index in [4.69, 9.17) is 21.4 Å². The molecule has 2 fully saturated rings. The van der Waals surface area contributed by atoms with Gasteiger partial charge in [-0.3, -0.25) is 0 Å². The first-order valence-corrected chi connectivity index (χ1v) is 14.7. The summed E-state index contributed by atoms with van der Waals surface area (Å²) in [6, 6.07) is 10.5. The number of allylic oxidation sites excluding steroid dienone is 2. The highest BCUT2D eigenvalue weighted by molar-refractivity contribution is 8.15. The first-order chi connectivity index (χ1) is 14.9. The molecule has 1 saturated carbocycles. The second kappa shape index (κ2) is 8.32. The lowest BCUT2D eigenvalue weighted by Gasteiger charge is -2.42. The molecule has 0 spiro atoms. The van der Waals surface area contributed by atoms with Crippen molar-refractivity contribution in [2.24, 2.45) is 16.4 Å². The summed E-state index contributed by atoms with van der Waals surface area (Å²) in [6.07, 6.45) is 7.03. The maximum absolute atomic E-state index is 7.12. The highest BCUT2D eigenvalue weighted by Gasteiger charge is 2.47. The zero-order valence-corrected chi connectivity index (χ0v) is 20.9. The van der Waals surface area contributed by atoms with Gasteiger partial charge in [-0.2, -0.15) is 5.10 Å². The summed E-state index contributed by atoms with van der Waals surface area (Å²) in [6.45, 7) is 9.44. The van der Waals surface area contributed by atoms with Crippen LogP contribution in [0.4, 0.5) is 5.69 Å². The number of nitrogens with zero attached hydrogens (tertiary/aromatic N) is 3. The standard InChI is InChI=1S/C25H36N3OPS/c1-19-16-21(18-25(2,3)17-19)29-30(31)24-22(26-28(30)20-10-5-4-6-11-20)12-9-13-23(24)27-14-7-8-15-27/h4-6,10-11,19,21H,7-9,12-18H2,1-3H3. The number of para-hydroxylation sites is 1. The Hall–Kier alpha value is -1.16. The van der Waals surface area contributed by atoms with Gasteiger partial charge in [-0.1, -0.05) is 39.0 Å². The van der Waals surface area contributed by atoms with Gasteiger partial charge >= 0.3 is 0 Å². The molecule has 0 N–H and O–H groups in total. The van der Waals surface area contributed by atoms with Gasteiger partial charge in [0.05, 0.1) is 22.8 Å². The molecule has 31 heavy (non-hydrogen) atoms. The summed E-state index contributed by atoms with van der Waals surface area (Å²) in [7, 11) is 0. The smallest absolute Gasteiger partial charge is 0.210 e. The van der Waals surface area contributed by atoms with Crippen molar-refractivity contribution in [3.63, 3.8) is 0 Å². The van der Waals surface area contributed by atoms with Crippen molar-refractivity contribution in [2.45, 2.75) is 78.2 Å². The zero-order valence-electron chi connectivity index (χ0n) is 19.2. The number of fused-ring (bicyclic) bond motifs is 1. The van der Waals surface area contributed by atoms with Crippen LogP contribution in [0.1, 0.15) is 72.1 Å². The molecule has 1 aromatic rings. The monoisotopic (exact) mass is 457 g/mol. The van der Waals surface area contributed by atoms with Crippen molar-refractivity contribution in [3.05, 3.63) is 41.3 Å². The van der Waals surface area contributed by atoms with Crippen LogP contribution in [0.2, 0.25) is 0 Å². The third-order valence-corrected chi connectivity index (χ3v) is 11.0. The minimum atomic E-state index is -2.49. The lowest BCUT2D eigenvalue weighted by Crippen LogP contribution is -2.33. The van der Waals surface area contributed by atoms with Crippen LogP contribution in [-0.2, 0) is 16.3 Å². The number of anilines is 1. The van der Waals surface area contributed by atoms with Crippen LogP contribution in [0.5, 0.6) is 0 Å². The predicted molar refractivity (Wildman–Crippen MR) is 134 cm³/mol. The average Bonchev–Trinajstić information content (AvgIpc) is 3.34. The van der Waals surface area contributed by atoms with E-state index in [0.29, 0.717) is 11.3 Å². The molecule has 4 nitrogen and oxygen atoms in total. The SMILES string of the molecule is CC1CC(OP2(=S)C3=C(N4CCCC4)CCCC3=NN2c2ccccc2)CC(C)(C)C1. The number of hydrogen-bond acceptors (Lipinski definition) is 4. The summed E-state index contributed by atoms with van der Waals surface area (Å²) in [5, 5.41) is 6.46. The third kappa shape index (κ3) is 4.14. The highest BCUT2D eigenvalue weighted by Crippen LogP contribution is 2.68. The molecule has 3 atom stereocenters. The Kier molecular flexibility index (Phi) is 5.82. The number of hydrogen-bond donors (Lipinski definition) is 0. The van der Waals surface area contributed by atoms with E-state index in [2.05, 4.69) is 60.8 Å². The molecule has 0 aromatic heterocycles. The molecular formula is C25H36N3OPS. The third-order valence-electron chi connectivity index (χ3n) is 7.23. The molecule has 0 amide bonds. The van der Waals surface area contributed by atoms with Gasteiger partial charge in [-0.25, -0.2) is 4.78 Å². The van der Waals surface area contributed by atoms with Crippen LogP contribution < -0.4 is 4.78 Å². The van der Waals surface area contributed by atoms with Crippen LogP contribution in [0.3, 0.4) is 0 Å². The Bertz CT molecular complexity index is 935. The predicted octanol–water partition coefficient (Wildman–Crippen LogP) is 6.89. The fourth-order valence-electron chi connectivity index (χ4n) is 6.22. The van der Waals surface area contributed by atoms with E-state index in [0.717, 1.165) is 44.5 Å². The highest BCUT2D eigenvalue weighted by atomic mass is 32.4. The van der Waals surface area contributed by atoms with Crippen LogP contribution in [0, 0.1) is 11.3 Å². The molecule has 168 valence electrons. The lowest BCUT2D eigenvalue weighted by atomic mass is 9.72. The lowest BCUT2D eigenvalue weighted by molar-refractivity contribution is 0.0645. The van der Waals surface area contributed by atoms with Gasteiger partial charge in [-0.15, -0.1) is 0 Å². The van der Waals surface area contributed by atoms with Crippen LogP contribution >= 0.6 is 6.42 Å². The Labute approximate surface area is 192 Å². The Morgan fingerprint density at radius 2 is 1.81 bits per heavy atom. The van der Waals surface area contributed by atoms with Crippen LogP contribution in [0.15, 0.2) is 46.4 Å². The Morgan fingerprint density at radius 1 is 1.06 bits per heavy atom. The van der Waals surface area contributed by atoms with E-state index in [1.807, 2.05) is 0 Å². The molecule has 0 radical (unpaired) electrons. The van der Waals surface area contributed by atoms with Gasteiger partial charge in [0, 0.05) is 18.8 Å². The summed E-state index contributed by atoms with van der Waals surface area (Å²) < 4.78 is 9.25. The molecule has 2 aliphatic heterocycles. The van der Waals surface area contributed by atoms with Gasteiger partial charge in [-0.05, 0) is 86.6 Å². The normalized spacial score (nSPS) is 32.9. The van der Waals surface area contributed by atoms with Crippen molar-refractivity contribution in [1.29, 1.82) is 0 Å². The summed E-state index contributed by atoms with van der Waals surface area (Å²) in [5.41, 5.74) is 4.02. The van der Waals surface area contributed by atoms with E-state index in [9.17, 15) is 0 Å². The molecular weight excluding hydrogens is 421 g/mol. The number of hydrazone groups is 1. The maximum atomic E-state index is 7.12. The van der Waals surface area contributed by atoms with Crippen molar-refractivity contribution in [2.75, 3.05) is 17.9 Å². The first-order valence-electron chi connectivity index (χ1n) is 12.1. The maximum Gasteiger partial charge on any atom is 0.210 e. The van der Waals surface area contributed by atoms with Gasteiger partial charge in [0.1, 0.15) is 0 Å². The fraction of sp³-hybridized carbons (Fsp3) is 0.640. The van der Waals surface area contributed by atoms with E-state index >= 15 is 0 Å². The number of likely N-dealkylation sites (tertiary alicyclic amines) is 1. The fourth-order valence-corrected chi connectivity index (χ4v) is 10.3. The van der Waals surface area contributed by atoms with Crippen LogP contribution in [-0.4, -0.2) is 29.8 Å². The molecule has 3 unspecified atom stereocenters. The van der Waals surface area contributed by atoms with E-state index in [1.165, 1.54) is 42.4 Å². The van der Waals surface area contributed by atoms with Gasteiger partial charge in [0.15, 0.2) is 0 Å². The van der Waals surface area contributed by atoms with Gasteiger partial charge in [0.2, 0.25) is 6.42 Å². The molecule has 5 rings (SSSR count). The average molecular weight is 458 g/mol. The van der Waals surface area contributed by atoms with E-state index in [-0.39, 0.29) is 6.10 Å². The largest absolute Gasteiger partial charge is 0.374 e. The zero-order chi connectivity index (χ0) is 21.6. The van der Waals surface area contributed by atoms with Gasteiger partial charge in [0.25, 0.3) is 0 Å². The van der Waals surface area contributed by atoms with Crippen molar-refractivity contribution < 1.29 is 4.52 Å². The second-order valence-electron chi connectivity index (χ2n) is 10.7. The van der Waals surface area contributed by atoms with Crippen molar-refractivity contribution in [1.82, 2.24) is 4.90 Å². The van der Waals surface area contributed by atoms with Crippen molar-refractivity contribution in [3.8, 4) is 0 Å². The minimum absolute atomic E-state index is 0.208. The number of rotatable bonds is 4. The quantitative estimate of drug-likeness (QED) is 0.460. The molecule has 2 heterocycles. The molecule has 6 heteroatoms.